The summed E-state index contributed by atoms with van der Waals surface area (Å²) in [7, 11) is 0. The summed E-state index contributed by atoms with van der Waals surface area (Å²) in [4.78, 5) is 67.1. The van der Waals surface area contributed by atoms with E-state index in [1.165, 1.54) is 54.7 Å². The largest absolute Gasteiger partial charge is 0.354 e. The van der Waals surface area contributed by atoms with E-state index in [9.17, 15) is 19.2 Å². The third-order valence-electron chi connectivity index (χ3n) is 5.58. The molecule has 0 amide bonds. The highest BCUT2D eigenvalue weighted by molar-refractivity contribution is 5.35. The molecule has 0 aliphatic carbocycles. The Morgan fingerprint density at radius 3 is 1.91 bits per heavy atom. The molecule has 8 aromatic heterocycles. The zero-order valence-corrected chi connectivity index (χ0v) is 22.5. The van der Waals surface area contributed by atoms with Gasteiger partial charge in [-0.1, -0.05) is 12.1 Å². The molecule has 16 heteroatoms. The van der Waals surface area contributed by atoms with Gasteiger partial charge in [-0.3, -0.25) is 37.0 Å². The molecule has 0 radical (unpaired) electrons. The van der Waals surface area contributed by atoms with Crippen LogP contribution in [0.1, 0.15) is 0 Å². The first-order chi connectivity index (χ1) is 21.5. The van der Waals surface area contributed by atoms with Crippen LogP contribution >= 0.6 is 0 Å². The Balaban J connectivity index is 0.000000116. The first-order valence-corrected chi connectivity index (χ1v) is 12.6. The second-order valence-electron chi connectivity index (χ2n) is 8.36. The van der Waals surface area contributed by atoms with Crippen molar-refractivity contribution in [3.8, 4) is 0 Å². The van der Waals surface area contributed by atoms with Gasteiger partial charge in [-0.05, 0) is 30.3 Å². The van der Waals surface area contributed by atoms with Crippen molar-refractivity contribution in [2.75, 3.05) is 0 Å². The number of fused-ring (bicyclic) bond motifs is 4. The number of pyridine rings is 2. The number of hydrogen-bond donors (Lipinski definition) is 0. The lowest BCUT2D eigenvalue weighted by atomic mass is 10.5. The Bertz CT molecular complexity index is 2060. The highest BCUT2D eigenvalue weighted by atomic mass is 16.1. The number of hydrogen-bond acceptors (Lipinski definition) is 12. The lowest BCUT2D eigenvalue weighted by Crippen LogP contribution is -2.16. The molecule has 0 bridgehead atoms. The Morgan fingerprint density at radius 1 is 0.477 bits per heavy atom. The van der Waals surface area contributed by atoms with Crippen molar-refractivity contribution in [2.24, 2.45) is 0 Å². The Kier molecular flexibility index (Phi) is 8.92. The highest BCUT2D eigenvalue weighted by Gasteiger charge is 1.95. The lowest BCUT2D eigenvalue weighted by Gasteiger charge is -1.94. The van der Waals surface area contributed by atoms with Crippen molar-refractivity contribution in [2.45, 2.75) is 0 Å². The van der Waals surface area contributed by atoms with Crippen LogP contribution in [0.4, 0.5) is 0 Å². The molecular formula is C28H20N12O4. The molecule has 0 N–H and O–H groups in total. The molecule has 0 atom stereocenters. The maximum absolute atomic E-state index is 11.1. The minimum Gasteiger partial charge on any atom is -0.269 e. The van der Waals surface area contributed by atoms with Crippen LogP contribution in [-0.2, 0) is 0 Å². The van der Waals surface area contributed by atoms with Crippen molar-refractivity contribution >= 4 is 22.7 Å². The van der Waals surface area contributed by atoms with E-state index in [2.05, 4.69) is 40.1 Å². The van der Waals surface area contributed by atoms with E-state index < -0.39 is 0 Å². The fraction of sp³-hybridized carbons (Fsp3) is 0. The van der Waals surface area contributed by atoms with Crippen molar-refractivity contribution in [1.82, 2.24) is 57.7 Å². The molecule has 0 aliphatic heterocycles. The molecule has 0 saturated heterocycles. The van der Waals surface area contributed by atoms with E-state index >= 15 is 0 Å². The maximum atomic E-state index is 11.1. The predicted octanol–water partition coefficient (Wildman–Crippen LogP) is 0.358. The monoisotopic (exact) mass is 588 g/mol. The molecule has 16 nitrogen and oxygen atoms in total. The fourth-order valence-electron chi connectivity index (χ4n) is 3.57. The summed E-state index contributed by atoms with van der Waals surface area (Å²) in [5.41, 5.74) is 1.11. The SMILES string of the molecule is O=c1ccnc2cnccn12.O=c1ccnc2ncccn12.O=c1cnnc2ccccn12.O=c1ncnc2ccccn12. The fourth-order valence-corrected chi connectivity index (χ4v) is 3.57. The predicted molar refractivity (Wildman–Crippen MR) is 157 cm³/mol. The normalized spacial score (nSPS) is 10.2. The van der Waals surface area contributed by atoms with E-state index in [-0.39, 0.29) is 22.4 Å². The first-order valence-electron chi connectivity index (χ1n) is 12.6. The van der Waals surface area contributed by atoms with Crippen LogP contribution in [0.3, 0.4) is 0 Å². The van der Waals surface area contributed by atoms with Crippen LogP contribution in [0.15, 0.2) is 142 Å². The zero-order chi connectivity index (χ0) is 30.7. The average Bonchev–Trinajstić information content (AvgIpc) is 3.07. The second kappa shape index (κ2) is 13.7. The minimum absolute atomic E-state index is 0.0857. The number of nitrogens with zero attached hydrogens (tertiary/aromatic N) is 12. The van der Waals surface area contributed by atoms with Gasteiger partial charge in [-0.15, -0.1) is 5.10 Å². The summed E-state index contributed by atoms with van der Waals surface area (Å²) in [6.45, 7) is 0. The average molecular weight is 589 g/mol. The minimum atomic E-state index is -0.296. The molecule has 0 spiro atoms. The topological polar surface area (TPSA) is 189 Å². The van der Waals surface area contributed by atoms with Crippen molar-refractivity contribution in [3.05, 3.63) is 164 Å². The van der Waals surface area contributed by atoms with Gasteiger partial charge in [-0.2, -0.15) is 10.1 Å². The van der Waals surface area contributed by atoms with Gasteiger partial charge < -0.3 is 0 Å². The van der Waals surface area contributed by atoms with E-state index in [0.29, 0.717) is 22.7 Å². The van der Waals surface area contributed by atoms with Crippen molar-refractivity contribution in [1.29, 1.82) is 0 Å². The molecule has 0 saturated carbocycles. The summed E-state index contributed by atoms with van der Waals surface area (Å²) in [6.07, 6.45) is 16.6. The molecule has 44 heavy (non-hydrogen) atoms. The molecular weight excluding hydrogens is 568 g/mol. The number of aromatic nitrogens is 12. The molecule has 8 aromatic rings. The van der Waals surface area contributed by atoms with Gasteiger partial charge in [0.05, 0.1) is 6.20 Å². The molecule has 8 heterocycles. The van der Waals surface area contributed by atoms with Gasteiger partial charge in [0.1, 0.15) is 18.2 Å². The smallest absolute Gasteiger partial charge is 0.269 e. The Morgan fingerprint density at radius 2 is 1.16 bits per heavy atom. The second-order valence-corrected chi connectivity index (χ2v) is 8.36. The zero-order valence-electron chi connectivity index (χ0n) is 22.5. The molecule has 8 rings (SSSR count). The molecule has 216 valence electrons. The van der Waals surface area contributed by atoms with Crippen LogP contribution in [0.2, 0.25) is 0 Å². The van der Waals surface area contributed by atoms with Gasteiger partial charge in [-0.25, -0.2) is 24.7 Å². The van der Waals surface area contributed by atoms with Gasteiger partial charge >= 0.3 is 5.69 Å². The van der Waals surface area contributed by atoms with Crippen LogP contribution in [0.5, 0.6) is 0 Å². The van der Waals surface area contributed by atoms with Gasteiger partial charge in [0.15, 0.2) is 11.3 Å². The third kappa shape index (κ3) is 6.89. The van der Waals surface area contributed by atoms with Crippen LogP contribution < -0.4 is 22.4 Å². The summed E-state index contributed by atoms with van der Waals surface area (Å²) >= 11 is 0. The van der Waals surface area contributed by atoms with Crippen molar-refractivity contribution in [3.63, 3.8) is 0 Å². The van der Waals surface area contributed by atoms with E-state index in [1.54, 1.807) is 73.7 Å². The quantitative estimate of drug-likeness (QED) is 0.237. The number of rotatable bonds is 0. The van der Waals surface area contributed by atoms with E-state index in [4.69, 9.17) is 0 Å². The van der Waals surface area contributed by atoms with Crippen LogP contribution in [0.25, 0.3) is 22.7 Å². The summed E-state index contributed by atoms with van der Waals surface area (Å²) in [5, 5.41) is 7.28. The summed E-state index contributed by atoms with van der Waals surface area (Å²) < 4.78 is 5.65. The van der Waals surface area contributed by atoms with Gasteiger partial charge in [0.25, 0.3) is 16.7 Å². The summed E-state index contributed by atoms with van der Waals surface area (Å²) in [5.74, 6) is 0.431. The van der Waals surface area contributed by atoms with Crippen LogP contribution in [0, 0.1) is 0 Å². The third-order valence-corrected chi connectivity index (χ3v) is 5.58. The molecule has 0 aliphatic rings. The Labute approximate surface area is 245 Å². The maximum Gasteiger partial charge on any atom is 0.354 e. The standard InChI is InChI=1S/4C7H5N3O/c11-6-2-4-9-7-8-3-1-5-10(6)7;11-7-1-2-9-6-5-8-3-4-10(6)7;11-7-9-5-8-6-3-1-2-4-10(6)7;11-7-5-8-9-6-3-1-2-4-10(6)7/h4*1-5H. The molecule has 0 fully saturated rings. The molecule has 0 unspecified atom stereocenters. The summed E-state index contributed by atoms with van der Waals surface area (Å²) in [6, 6.07) is 15.1. The molecule has 0 aromatic carbocycles. The van der Waals surface area contributed by atoms with E-state index in [1.807, 2.05) is 12.1 Å². The highest BCUT2D eigenvalue weighted by Crippen LogP contribution is 1.92. The van der Waals surface area contributed by atoms with Crippen LogP contribution in [-0.4, -0.2) is 57.7 Å². The van der Waals surface area contributed by atoms with E-state index in [0.717, 1.165) is 0 Å². The Hall–Kier alpha value is -6.84. The first kappa shape index (κ1) is 28.7. The van der Waals surface area contributed by atoms with Gasteiger partial charge in [0, 0.05) is 61.7 Å². The lowest BCUT2D eigenvalue weighted by molar-refractivity contribution is 0.934. The van der Waals surface area contributed by atoms with Crippen molar-refractivity contribution < 1.29 is 0 Å². The van der Waals surface area contributed by atoms with Gasteiger partial charge in [0.2, 0.25) is 5.78 Å².